The van der Waals surface area contributed by atoms with E-state index < -0.39 is 17.7 Å². The summed E-state index contributed by atoms with van der Waals surface area (Å²) in [5.41, 5.74) is 1.84. The maximum atomic E-state index is 14.4. The number of carbonyl (C=O) groups is 3. The van der Waals surface area contributed by atoms with Gasteiger partial charge in [0.15, 0.2) is 0 Å². The van der Waals surface area contributed by atoms with Gasteiger partial charge in [-0.3, -0.25) is 9.59 Å². The number of hydrogen-bond donors (Lipinski definition) is 2. The summed E-state index contributed by atoms with van der Waals surface area (Å²) in [6.45, 7) is 8.41. The van der Waals surface area contributed by atoms with Gasteiger partial charge < -0.3 is 29.6 Å². The van der Waals surface area contributed by atoms with Crippen molar-refractivity contribution >= 4 is 28.9 Å². The summed E-state index contributed by atoms with van der Waals surface area (Å²) >= 11 is 0. The average Bonchev–Trinajstić information content (AvgIpc) is 3.61. The van der Waals surface area contributed by atoms with E-state index >= 15 is 0 Å². The molecule has 3 aliphatic rings. The maximum absolute atomic E-state index is 14.4. The molecule has 2 N–H and O–H groups in total. The third kappa shape index (κ3) is 6.21. The summed E-state index contributed by atoms with van der Waals surface area (Å²) in [7, 11) is 0. The highest BCUT2D eigenvalue weighted by molar-refractivity contribution is 5.88. The van der Waals surface area contributed by atoms with Gasteiger partial charge in [-0.1, -0.05) is 19.3 Å². The van der Waals surface area contributed by atoms with E-state index in [1.165, 1.54) is 12.1 Å². The van der Waals surface area contributed by atoms with Gasteiger partial charge in [-0.2, -0.15) is 0 Å². The van der Waals surface area contributed by atoms with Crippen molar-refractivity contribution in [1.29, 1.82) is 0 Å². The van der Waals surface area contributed by atoms with E-state index in [1.54, 1.807) is 33.8 Å². The summed E-state index contributed by atoms with van der Waals surface area (Å²) in [4.78, 5) is 46.8. The van der Waals surface area contributed by atoms with Gasteiger partial charge in [0.05, 0.1) is 12.6 Å². The Labute approximate surface area is 240 Å². The maximum Gasteiger partial charge on any atom is 0.408 e. The van der Waals surface area contributed by atoms with E-state index in [-0.39, 0.29) is 48.7 Å². The van der Waals surface area contributed by atoms with Crippen LogP contribution in [0.5, 0.6) is 0 Å². The van der Waals surface area contributed by atoms with Crippen LogP contribution in [0.15, 0.2) is 36.2 Å². The first-order valence-electron chi connectivity index (χ1n) is 14.7. The van der Waals surface area contributed by atoms with Crippen LogP contribution in [0.2, 0.25) is 0 Å². The number of halogens is 1. The quantitative estimate of drug-likeness (QED) is 0.464. The lowest BCUT2D eigenvalue weighted by molar-refractivity contribution is -0.143. The summed E-state index contributed by atoms with van der Waals surface area (Å²) in [5.74, 6) is -0.963. The van der Waals surface area contributed by atoms with Crippen molar-refractivity contribution < 1.29 is 28.2 Å². The molecule has 3 heterocycles. The lowest BCUT2D eigenvalue weighted by Crippen LogP contribution is -2.55. The number of H-pyrrole nitrogens is 1. The predicted octanol–water partition coefficient (Wildman–Crippen LogP) is 4.84. The number of amides is 2. The number of ether oxygens (including phenoxy) is 2. The van der Waals surface area contributed by atoms with E-state index in [4.69, 9.17) is 9.47 Å². The van der Waals surface area contributed by atoms with Gasteiger partial charge in [0.1, 0.15) is 24.0 Å². The van der Waals surface area contributed by atoms with Crippen molar-refractivity contribution in [2.75, 3.05) is 26.2 Å². The van der Waals surface area contributed by atoms with Crippen LogP contribution in [-0.2, 0) is 19.1 Å². The van der Waals surface area contributed by atoms with Crippen LogP contribution in [0.25, 0.3) is 10.9 Å². The molecular formula is C31H41FN4O5. The van der Waals surface area contributed by atoms with Crippen LogP contribution in [0.3, 0.4) is 0 Å². The topological polar surface area (TPSA) is 104 Å². The van der Waals surface area contributed by atoms with E-state index in [1.807, 2.05) is 22.1 Å². The zero-order valence-electron chi connectivity index (χ0n) is 24.4. The molecule has 1 aromatic carbocycles. The normalized spacial score (nSPS) is 21.9. The molecule has 1 saturated carbocycles. The summed E-state index contributed by atoms with van der Waals surface area (Å²) in [6, 6.07) is 3.59. The first-order chi connectivity index (χ1) is 19.6. The molecule has 10 heteroatoms. The van der Waals surface area contributed by atoms with Crippen LogP contribution in [0.4, 0.5) is 9.18 Å². The summed E-state index contributed by atoms with van der Waals surface area (Å²) < 4.78 is 24.8. The fraction of sp³-hybridized carbons (Fsp3) is 0.581. The largest absolute Gasteiger partial charge is 0.465 e. The zero-order valence-corrected chi connectivity index (χ0v) is 24.4. The van der Waals surface area contributed by atoms with E-state index in [9.17, 15) is 18.8 Å². The monoisotopic (exact) mass is 568 g/mol. The molecular weight excluding hydrogens is 527 g/mol. The molecule has 0 radical (unpaired) electrons. The molecule has 2 fully saturated rings. The molecule has 0 bridgehead atoms. The number of nitrogens with zero attached hydrogens (tertiary/aromatic N) is 2. The number of benzene rings is 1. The minimum Gasteiger partial charge on any atom is -0.465 e. The molecule has 2 amide bonds. The molecule has 1 aliphatic carbocycles. The number of esters is 1. The second-order valence-electron chi connectivity index (χ2n) is 12.3. The minimum atomic E-state index is -0.713. The van der Waals surface area contributed by atoms with E-state index in [2.05, 4.69) is 10.3 Å². The van der Waals surface area contributed by atoms with E-state index in [0.29, 0.717) is 18.6 Å². The molecule has 3 atom stereocenters. The number of alkyl carbamates (subject to hydrolysis) is 1. The Morgan fingerprint density at radius 1 is 1.17 bits per heavy atom. The van der Waals surface area contributed by atoms with Crippen molar-refractivity contribution in [3.05, 3.63) is 47.5 Å². The van der Waals surface area contributed by atoms with Crippen LogP contribution < -0.4 is 5.32 Å². The first kappa shape index (κ1) is 29.0. The van der Waals surface area contributed by atoms with Gasteiger partial charge in [-0.25, -0.2) is 9.18 Å². The second kappa shape index (κ2) is 11.7. The lowest BCUT2D eigenvalue weighted by atomic mass is 9.83. The third-order valence-electron chi connectivity index (χ3n) is 8.34. The lowest BCUT2D eigenvalue weighted by Gasteiger charge is -2.36. The van der Waals surface area contributed by atoms with Crippen molar-refractivity contribution in [1.82, 2.24) is 20.1 Å². The second-order valence-corrected chi connectivity index (χ2v) is 12.3. The van der Waals surface area contributed by atoms with Crippen LogP contribution in [0, 0.1) is 11.7 Å². The molecule has 1 saturated heterocycles. The van der Waals surface area contributed by atoms with Gasteiger partial charge in [-0.05, 0) is 76.3 Å². The molecule has 222 valence electrons. The molecule has 5 rings (SSSR count). The van der Waals surface area contributed by atoms with Crippen molar-refractivity contribution in [2.24, 2.45) is 5.92 Å². The Hall–Kier alpha value is -3.56. The Morgan fingerprint density at radius 2 is 1.93 bits per heavy atom. The number of rotatable bonds is 7. The van der Waals surface area contributed by atoms with Crippen molar-refractivity contribution in [2.45, 2.75) is 83.4 Å². The fourth-order valence-electron chi connectivity index (χ4n) is 6.67. The summed E-state index contributed by atoms with van der Waals surface area (Å²) in [5, 5.41) is 3.81. The molecule has 41 heavy (non-hydrogen) atoms. The number of nitrogens with one attached hydrogen (secondary N) is 2. The highest BCUT2D eigenvalue weighted by Gasteiger charge is 2.49. The van der Waals surface area contributed by atoms with Crippen LogP contribution in [0.1, 0.15) is 71.3 Å². The molecule has 9 nitrogen and oxygen atoms in total. The fourth-order valence-corrected chi connectivity index (χ4v) is 6.67. The molecule has 3 unspecified atom stereocenters. The minimum absolute atomic E-state index is 0.0133. The van der Waals surface area contributed by atoms with Crippen LogP contribution >= 0.6 is 0 Å². The smallest absolute Gasteiger partial charge is 0.408 e. The standard InChI is InChI=1S/C31H41FN4O5/c1-5-40-26(37)18-35-17-23(22-16-33-24-15-20(32)11-12-21(22)24)28-25(35)13-14-36(28)29(38)27(19-9-7-6-8-10-19)34-30(39)41-31(2,3)4/h11-13,15-16,19,23,27-28,33H,5-10,14,17-18H2,1-4H3,(H,34,39). The highest BCUT2D eigenvalue weighted by atomic mass is 19.1. The van der Waals surface area contributed by atoms with Crippen molar-refractivity contribution in [3.63, 3.8) is 0 Å². The Kier molecular flexibility index (Phi) is 8.29. The molecule has 0 spiro atoms. The Bertz CT molecular complexity index is 1330. The van der Waals surface area contributed by atoms with Gasteiger partial charge in [0.25, 0.3) is 0 Å². The highest BCUT2D eigenvalue weighted by Crippen LogP contribution is 2.44. The Morgan fingerprint density at radius 3 is 2.63 bits per heavy atom. The van der Waals surface area contributed by atoms with Gasteiger partial charge in [-0.15, -0.1) is 0 Å². The van der Waals surface area contributed by atoms with Gasteiger partial charge >= 0.3 is 12.1 Å². The van der Waals surface area contributed by atoms with Gasteiger partial charge in [0, 0.05) is 41.8 Å². The zero-order chi connectivity index (χ0) is 29.3. The number of aromatic nitrogens is 1. The number of aromatic amines is 1. The summed E-state index contributed by atoms with van der Waals surface area (Å²) in [6.07, 6.45) is 8.14. The van der Waals surface area contributed by atoms with Crippen molar-refractivity contribution in [3.8, 4) is 0 Å². The molecule has 2 aliphatic heterocycles. The molecule has 2 aromatic rings. The average molecular weight is 569 g/mol. The Balaban J connectivity index is 1.47. The number of likely N-dealkylation sites (tertiary alicyclic amines) is 1. The predicted molar refractivity (Wildman–Crippen MR) is 153 cm³/mol. The third-order valence-corrected chi connectivity index (χ3v) is 8.34. The number of hydrogen-bond acceptors (Lipinski definition) is 6. The molecule has 1 aromatic heterocycles. The first-order valence-corrected chi connectivity index (χ1v) is 14.7. The number of carbonyl (C=O) groups excluding carboxylic acids is 3. The van der Waals surface area contributed by atoms with Crippen LogP contribution in [-0.4, -0.2) is 76.7 Å². The van der Waals surface area contributed by atoms with E-state index in [0.717, 1.165) is 48.8 Å². The number of fused-ring (bicyclic) bond motifs is 2. The van der Waals surface area contributed by atoms with Gasteiger partial charge in [0.2, 0.25) is 5.91 Å². The SMILES string of the molecule is CCOC(=O)CN1CC(c2c[nH]c3cc(F)ccc23)C2C1=CCN2C(=O)C(NC(=O)OC(C)(C)C)C1CCCCC1.